The summed E-state index contributed by atoms with van der Waals surface area (Å²) in [5.41, 5.74) is 0.156. The zero-order chi connectivity index (χ0) is 15.3. The maximum atomic E-state index is 12.1. The van der Waals surface area contributed by atoms with Crippen LogP contribution in [0.5, 0.6) is 0 Å². The highest BCUT2D eigenvalue weighted by Gasteiger charge is 2.15. The van der Waals surface area contributed by atoms with Gasteiger partial charge in [0.15, 0.2) is 0 Å². The summed E-state index contributed by atoms with van der Waals surface area (Å²) in [6.45, 7) is 0. The van der Waals surface area contributed by atoms with Crippen LogP contribution >= 0.6 is 0 Å². The molecule has 0 radical (unpaired) electrons. The highest BCUT2D eigenvalue weighted by atomic mass is 16.1. The quantitative estimate of drug-likeness (QED) is 0.618. The van der Waals surface area contributed by atoms with Crippen LogP contribution in [-0.4, -0.2) is 19.0 Å². The fourth-order valence-corrected chi connectivity index (χ4v) is 2.86. The van der Waals surface area contributed by atoms with Crippen molar-refractivity contribution in [2.75, 3.05) is 7.05 Å². The number of rotatable bonds is 3. The van der Waals surface area contributed by atoms with Gasteiger partial charge in [-0.05, 0) is 12.8 Å². The summed E-state index contributed by atoms with van der Waals surface area (Å²) < 4.78 is 0. The Morgan fingerprint density at radius 1 is 1.00 bits per heavy atom. The van der Waals surface area contributed by atoms with Crippen molar-refractivity contribution in [2.45, 2.75) is 76.7 Å². The van der Waals surface area contributed by atoms with Gasteiger partial charge < -0.3 is 10.6 Å². The number of nitriles is 1. The van der Waals surface area contributed by atoms with Crippen LogP contribution in [0.4, 0.5) is 0 Å². The maximum absolute atomic E-state index is 12.1. The SMILES string of the molecule is CN/C=C(/C#N)C(=O)NC1CCCCCCCCCCC1. The molecule has 1 rings (SSSR count). The van der Waals surface area contributed by atoms with Crippen LogP contribution in [0.1, 0.15) is 70.6 Å². The lowest BCUT2D eigenvalue weighted by molar-refractivity contribution is -0.117. The van der Waals surface area contributed by atoms with E-state index in [0.717, 1.165) is 12.8 Å². The lowest BCUT2D eigenvalue weighted by Gasteiger charge is -2.19. The average molecular weight is 291 g/mol. The Labute approximate surface area is 129 Å². The predicted octanol–water partition coefficient (Wildman–Crippen LogP) is 3.40. The van der Waals surface area contributed by atoms with Crippen LogP contribution < -0.4 is 10.6 Å². The molecule has 118 valence electrons. The molecule has 0 heterocycles. The Kier molecular flexibility index (Phi) is 9.35. The molecular weight excluding hydrogens is 262 g/mol. The Morgan fingerprint density at radius 2 is 1.48 bits per heavy atom. The molecule has 2 N–H and O–H groups in total. The van der Waals surface area contributed by atoms with Crippen molar-refractivity contribution in [2.24, 2.45) is 0 Å². The average Bonchev–Trinajstić information content (AvgIpc) is 2.47. The molecule has 0 unspecified atom stereocenters. The normalized spacial score (nSPS) is 19.7. The van der Waals surface area contributed by atoms with E-state index in [1.54, 1.807) is 7.05 Å². The van der Waals surface area contributed by atoms with Crippen molar-refractivity contribution in [3.63, 3.8) is 0 Å². The second-order valence-corrected chi connectivity index (χ2v) is 5.89. The van der Waals surface area contributed by atoms with Gasteiger partial charge in [-0.2, -0.15) is 5.26 Å². The number of nitrogens with one attached hydrogen (secondary N) is 2. The number of nitrogens with zero attached hydrogens (tertiary/aromatic N) is 1. The van der Waals surface area contributed by atoms with Crippen molar-refractivity contribution in [3.8, 4) is 6.07 Å². The molecule has 21 heavy (non-hydrogen) atoms. The highest BCUT2D eigenvalue weighted by Crippen LogP contribution is 2.17. The van der Waals surface area contributed by atoms with E-state index in [1.807, 2.05) is 6.07 Å². The lowest BCUT2D eigenvalue weighted by Crippen LogP contribution is -2.36. The first kappa shape index (κ1) is 17.6. The van der Waals surface area contributed by atoms with Crippen molar-refractivity contribution < 1.29 is 4.79 Å². The minimum atomic E-state index is -0.246. The summed E-state index contributed by atoms with van der Waals surface area (Å²) in [4.78, 5) is 12.1. The van der Waals surface area contributed by atoms with Gasteiger partial charge in [0.25, 0.3) is 5.91 Å². The largest absolute Gasteiger partial charge is 0.393 e. The van der Waals surface area contributed by atoms with Crippen LogP contribution in [-0.2, 0) is 4.79 Å². The Bertz CT molecular complexity index is 359. The van der Waals surface area contributed by atoms with Crippen molar-refractivity contribution >= 4 is 5.91 Å². The molecule has 0 atom stereocenters. The molecule has 0 aromatic carbocycles. The first-order chi connectivity index (χ1) is 10.3. The predicted molar refractivity (Wildman–Crippen MR) is 85.5 cm³/mol. The van der Waals surface area contributed by atoms with Crippen molar-refractivity contribution in [1.82, 2.24) is 10.6 Å². The van der Waals surface area contributed by atoms with E-state index in [0.29, 0.717) is 0 Å². The van der Waals surface area contributed by atoms with Gasteiger partial charge in [0.1, 0.15) is 11.6 Å². The van der Waals surface area contributed by atoms with Gasteiger partial charge in [-0.3, -0.25) is 4.79 Å². The molecule has 1 amide bonds. The molecule has 1 saturated carbocycles. The van der Waals surface area contributed by atoms with Crippen LogP contribution in [0.15, 0.2) is 11.8 Å². The molecule has 0 aromatic heterocycles. The number of carbonyl (C=O) groups is 1. The molecule has 0 spiro atoms. The minimum absolute atomic E-state index is 0.156. The second kappa shape index (κ2) is 11.2. The maximum Gasteiger partial charge on any atom is 0.263 e. The summed E-state index contributed by atoms with van der Waals surface area (Å²) in [6, 6.07) is 2.16. The summed E-state index contributed by atoms with van der Waals surface area (Å²) in [5.74, 6) is -0.246. The lowest BCUT2D eigenvalue weighted by atomic mass is 9.98. The third-order valence-corrected chi connectivity index (χ3v) is 4.09. The van der Waals surface area contributed by atoms with Gasteiger partial charge in [-0.25, -0.2) is 0 Å². The standard InChI is InChI=1S/C17H29N3O/c1-19-14-15(13-18)17(21)20-16-11-9-7-5-3-2-4-6-8-10-12-16/h14,16,19H,2-12H2,1H3,(H,20,21)/b15-14-. The van der Waals surface area contributed by atoms with Gasteiger partial charge in [-0.1, -0.05) is 57.8 Å². The van der Waals surface area contributed by atoms with Gasteiger partial charge in [0.05, 0.1) is 0 Å². The van der Waals surface area contributed by atoms with E-state index in [-0.39, 0.29) is 17.5 Å². The molecule has 1 aliphatic carbocycles. The van der Waals surface area contributed by atoms with Gasteiger partial charge in [0.2, 0.25) is 0 Å². The van der Waals surface area contributed by atoms with E-state index < -0.39 is 0 Å². The fraction of sp³-hybridized carbons (Fsp3) is 0.765. The number of hydrogen-bond donors (Lipinski definition) is 2. The molecule has 0 aromatic rings. The van der Waals surface area contributed by atoms with Crippen LogP contribution in [0.3, 0.4) is 0 Å². The third-order valence-electron chi connectivity index (χ3n) is 4.09. The topological polar surface area (TPSA) is 64.9 Å². The van der Waals surface area contributed by atoms with Crippen molar-refractivity contribution in [1.29, 1.82) is 5.26 Å². The number of hydrogen-bond acceptors (Lipinski definition) is 3. The molecule has 1 aliphatic rings. The third kappa shape index (κ3) is 7.75. The molecule has 4 nitrogen and oxygen atoms in total. The van der Waals surface area contributed by atoms with Crippen LogP contribution in [0, 0.1) is 11.3 Å². The fourth-order valence-electron chi connectivity index (χ4n) is 2.86. The van der Waals surface area contributed by atoms with Gasteiger partial charge in [-0.15, -0.1) is 0 Å². The van der Waals surface area contributed by atoms with E-state index in [2.05, 4.69) is 10.6 Å². The molecule has 1 fully saturated rings. The molecule has 0 aliphatic heterocycles. The smallest absolute Gasteiger partial charge is 0.263 e. The zero-order valence-corrected chi connectivity index (χ0v) is 13.3. The molecule has 0 saturated heterocycles. The van der Waals surface area contributed by atoms with E-state index in [4.69, 9.17) is 5.26 Å². The Morgan fingerprint density at radius 3 is 1.90 bits per heavy atom. The monoisotopic (exact) mass is 291 g/mol. The van der Waals surface area contributed by atoms with Gasteiger partial charge in [0, 0.05) is 19.3 Å². The Hall–Kier alpha value is -1.50. The Balaban J connectivity index is 2.49. The van der Waals surface area contributed by atoms with Crippen LogP contribution in [0.2, 0.25) is 0 Å². The first-order valence-electron chi connectivity index (χ1n) is 8.36. The minimum Gasteiger partial charge on any atom is -0.393 e. The number of amides is 1. The summed E-state index contributed by atoms with van der Waals surface area (Å²) in [6.07, 6.45) is 15.1. The summed E-state index contributed by atoms with van der Waals surface area (Å²) >= 11 is 0. The first-order valence-corrected chi connectivity index (χ1v) is 8.36. The summed E-state index contributed by atoms with van der Waals surface area (Å²) in [7, 11) is 1.70. The van der Waals surface area contributed by atoms with Crippen molar-refractivity contribution in [3.05, 3.63) is 11.8 Å². The second-order valence-electron chi connectivity index (χ2n) is 5.89. The van der Waals surface area contributed by atoms with E-state index >= 15 is 0 Å². The van der Waals surface area contributed by atoms with E-state index in [1.165, 1.54) is 64.0 Å². The molecule has 0 bridgehead atoms. The molecule has 4 heteroatoms. The zero-order valence-electron chi connectivity index (χ0n) is 13.3. The van der Waals surface area contributed by atoms with E-state index in [9.17, 15) is 4.79 Å². The summed E-state index contributed by atoms with van der Waals surface area (Å²) in [5, 5.41) is 14.8. The number of carbonyl (C=O) groups excluding carboxylic acids is 1. The van der Waals surface area contributed by atoms with Gasteiger partial charge >= 0.3 is 0 Å². The van der Waals surface area contributed by atoms with Crippen LogP contribution in [0.25, 0.3) is 0 Å². The highest BCUT2D eigenvalue weighted by molar-refractivity contribution is 5.97. The molecular formula is C17H29N3O.